The zero-order chi connectivity index (χ0) is 31.2. The number of H-pyrrole nitrogens is 2. The number of rotatable bonds is 7. The van der Waals surface area contributed by atoms with E-state index in [0.717, 1.165) is 12.8 Å². The number of hydrogen-bond acceptors (Lipinski definition) is 7. The maximum Gasteiger partial charge on any atom is 0.435 e. The van der Waals surface area contributed by atoms with E-state index in [-0.39, 0.29) is 46.1 Å². The number of halogens is 4. The van der Waals surface area contributed by atoms with E-state index in [1.165, 1.54) is 24.4 Å². The number of nitrogens with zero attached hydrogens (tertiary/aromatic N) is 4. The van der Waals surface area contributed by atoms with Crippen LogP contribution in [-0.4, -0.2) is 97.7 Å². The number of carbonyl (C=O) groups excluding carboxylic acids is 3. The minimum atomic E-state index is -4.61. The maximum atomic E-state index is 13.5. The third-order valence-corrected chi connectivity index (χ3v) is 8.42. The lowest BCUT2D eigenvalue weighted by atomic mass is 10.0. The first-order valence-corrected chi connectivity index (χ1v) is 14.6. The van der Waals surface area contributed by atoms with E-state index < -0.39 is 29.9 Å². The number of carbonyl (C=O) groups is 3. The Hall–Kier alpha value is -3.95. The van der Waals surface area contributed by atoms with Gasteiger partial charge in [0.2, 0.25) is 5.91 Å². The summed E-state index contributed by atoms with van der Waals surface area (Å²) in [6.07, 6.45) is -2.01. The molecule has 6 rings (SSSR count). The van der Waals surface area contributed by atoms with E-state index in [2.05, 4.69) is 30.8 Å². The molecule has 0 bridgehead atoms. The van der Waals surface area contributed by atoms with Gasteiger partial charge in [-0.2, -0.15) is 18.3 Å². The summed E-state index contributed by atoms with van der Waals surface area (Å²) in [6.45, 7) is 1.74. The first-order valence-electron chi connectivity index (χ1n) is 14.3. The van der Waals surface area contributed by atoms with Crippen LogP contribution >= 0.6 is 11.6 Å². The molecule has 3 fully saturated rings. The Labute approximate surface area is 254 Å². The summed E-state index contributed by atoms with van der Waals surface area (Å²) in [5.74, 6) is -1.13. The van der Waals surface area contributed by atoms with Crippen molar-refractivity contribution in [3.63, 3.8) is 0 Å². The minimum Gasteiger partial charge on any atom is -0.392 e. The fraction of sp³-hybridized carbons (Fsp3) is 0.464. The van der Waals surface area contributed by atoms with Crippen molar-refractivity contribution in [3.8, 4) is 0 Å². The molecule has 3 aliphatic rings. The Bertz CT molecular complexity index is 1580. The summed E-state index contributed by atoms with van der Waals surface area (Å²) in [4.78, 5) is 48.8. The summed E-state index contributed by atoms with van der Waals surface area (Å²) < 4.78 is 40.6. The number of amides is 3. The Balaban J connectivity index is 1.06. The van der Waals surface area contributed by atoms with Gasteiger partial charge < -0.3 is 30.5 Å². The highest BCUT2D eigenvalue weighted by molar-refractivity contribution is 6.34. The summed E-state index contributed by atoms with van der Waals surface area (Å²) in [7, 11) is 0. The quantitative estimate of drug-likeness (QED) is 0.267. The second-order valence-electron chi connectivity index (χ2n) is 11.3. The molecule has 1 saturated carbocycles. The van der Waals surface area contributed by atoms with Crippen molar-refractivity contribution in [1.82, 2.24) is 35.3 Å². The molecule has 234 valence electrons. The van der Waals surface area contributed by atoms with Crippen LogP contribution in [0, 0.1) is 0 Å². The highest BCUT2D eigenvalue weighted by Crippen LogP contribution is 2.44. The average Bonchev–Trinajstić information content (AvgIpc) is 3.34. The molecule has 0 radical (unpaired) electrons. The number of hydrogen-bond donors (Lipinski definition) is 5. The van der Waals surface area contributed by atoms with Crippen LogP contribution in [0.4, 0.5) is 18.9 Å². The van der Waals surface area contributed by atoms with E-state index in [9.17, 15) is 32.7 Å². The zero-order valence-electron chi connectivity index (χ0n) is 23.4. The van der Waals surface area contributed by atoms with Crippen molar-refractivity contribution in [2.75, 3.05) is 38.0 Å². The van der Waals surface area contributed by atoms with Crippen LogP contribution in [0.1, 0.15) is 68.8 Å². The number of aliphatic hydroxyl groups is 1. The van der Waals surface area contributed by atoms with E-state index >= 15 is 0 Å². The number of imidazole rings is 1. The number of aliphatic hydroxyl groups excluding tert-OH is 1. The highest BCUT2D eigenvalue weighted by atomic mass is 35.5. The predicted molar refractivity (Wildman–Crippen MR) is 151 cm³/mol. The molecular weight excluding hydrogens is 605 g/mol. The van der Waals surface area contributed by atoms with Crippen LogP contribution < -0.4 is 10.6 Å². The Morgan fingerprint density at radius 2 is 1.84 bits per heavy atom. The van der Waals surface area contributed by atoms with Crippen LogP contribution in [-0.2, 0) is 17.4 Å². The van der Waals surface area contributed by atoms with Crippen molar-refractivity contribution < 1.29 is 32.7 Å². The van der Waals surface area contributed by atoms with Gasteiger partial charge in [0.25, 0.3) is 11.8 Å². The molecular formula is C28H30ClF3N8O4. The number of anilines is 1. The third kappa shape index (κ3) is 6.30. The second kappa shape index (κ2) is 11.9. The van der Waals surface area contributed by atoms with Crippen LogP contribution in [0.5, 0.6) is 0 Å². The van der Waals surface area contributed by atoms with Gasteiger partial charge in [-0.15, -0.1) is 0 Å². The van der Waals surface area contributed by atoms with Crippen LogP contribution in [0.2, 0.25) is 5.02 Å². The smallest absolute Gasteiger partial charge is 0.392 e. The van der Waals surface area contributed by atoms with Gasteiger partial charge in [0.05, 0.1) is 22.7 Å². The number of β-amino-alcohol motifs (C(OH)–C–C–N with tert-alkyl or cyclic N) is 1. The second-order valence-corrected chi connectivity index (χ2v) is 11.7. The molecule has 3 aromatic rings. The SMILES string of the molecule is O=C(Nc1ccc(C(=O)N2CCN(C(=O)[C@@H]3C[C@@H](O)CN3)CC2)c(Cl)c1)c1ncc(Cc2c(C(F)(F)F)n[nH]c2C2CC2)[nH]1. The summed E-state index contributed by atoms with van der Waals surface area (Å²) in [6, 6.07) is 4.01. The van der Waals surface area contributed by atoms with E-state index in [1.807, 2.05) is 0 Å². The maximum absolute atomic E-state index is 13.5. The zero-order valence-corrected chi connectivity index (χ0v) is 24.1. The van der Waals surface area contributed by atoms with Crippen molar-refractivity contribution in [2.24, 2.45) is 0 Å². The van der Waals surface area contributed by atoms with Crippen molar-refractivity contribution >= 4 is 35.0 Å². The fourth-order valence-corrected chi connectivity index (χ4v) is 5.90. The number of benzene rings is 1. The van der Waals surface area contributed by atoms with Gasteiger partial charge in [-0.1, -0.05) is 11.6 Å². The molecule has 2 aromatic heterocycles. The van der Waals surface area contributed by atoms with Gasteiger partial charge in [0.15, 0.2) is 11.5 Å². The van der Waals surface area contributed by atoms with Crippen LogP contribution in [0.25, 0.3) is 0 Å². The average molecular weight is 635 g/mol. The number of nitrogens with one attached hydrogen (secondary N) is 4. The number of piperazine rings is 1. The Morgan fingerprint density at radius 1 is 1.11 bits per heavy atom. The molecule has 1 aliphatic carbocycles. The lowest BCUT2D eigenvalue weighted by Gasteiger charge is -2.36. The molecule has 1 aromatic carbocycles. The normalized spacial score (nSPS) is 20.7. The molecule has 0 spiro atoms. The monoisotopic (exact) mass is 634 g/mol. The number of aromatic nitrogens is 4. The van der Waals surface area contributed by atoms with Crippen molar-refractivity contribution in [1.29, 1.82) is 0 Å². The molecule has 4 heterocycles. The molecule has 3 amide bonds. The van der Waals surface area contributed by atoms with Crippen LogP contribution in [0.15, 0.2) is 24.4 Å². The van der Waals surface area contributed by atoms with E-state index in [4.69, 9.17) is 11.6 Å². The van der Waals surface area contributed by atoms with Gasteiger partial charge in [-0.05, 0) is 37.5 Å². The number of alkyl halides is 3. The van der Waals surface area contributed by atoms with Gasteiger partial charge >= 0.3 is 6.18 Å². The molecule has 16 heteroatoms. The van der Waals surface area contributed by atoms with Crippen molar-refractivity contribution in [2.45, 2.75) is 49.9 Å². The highest BCUT2D eigenvalue weighted by Gasteiger charge is 2.41. The van der Waals surface area contributed by atoms with E-state index in [1.54, 1.807) is 9.80 Å². The van der Waals surface area contributed by atoms with E-state index in [0.29, 0.717) is 56.2 Å². The Kier molecular flexibility index (Phi) is 8.11. The summed E-state index contributed by atoms with van der Waals surface area (Å²) >= 11 is 6.41. The van der Waals surface area contributed by atoms with Crippen LogP contribution in [0.3, 0.4) is 0 Å². The predicted octanol–water partition coefficient (Wildman–Crippen LogP) is 2.53. The fourth-order valence-electron chi connectivity index (χ4n) is 5.64. The van der Waals surface area contributed by atoms with Gasteiger partial charge in [-0.3, -0.25) is 19.5 Å². The first-order chi connectivity index (χ1) is 21.0. The first kappa shape index (κ1) is 30.1. The summed E-state index contributed by atoms with van der Waals surface area (Å²) in [5.41, 5.74) is 0.378. The molecule has 12 nitrogen and oxygen atoms in total. The largest absolute Gasteiger partial charge is 0.435 e. The molecule has 2 saturated heterocycles. The molecule has 0 unspecified atom stereocenters. The molecule has 2 atom stereocenters. The number of aromatic amines is 2. The van der Waals surface area contributed by atoms with Gasteiger partial charge in [0.1, 0.15) is 0 Å². The lowest BCUT2D eigenvalue weighted by molar-refractivity contribution is -0.141. The third-order valence-electron chi connectivity index (χ3n) is 8.11. The molecule has 44 heavy (non-hydrogen) atoms. The molecule has 5 N–H and O–H groups in total. The molecule has 2 aliphatic heterocycles. The standard InChI is InChI=1S/C28H30ClF3N8O4/c29-20-10-15(3-4-18(20)26(43)39-5-7-40(8-6-39)27(44)21-11-17(41)13-33-21)36-25(42)24-34-12-16(35-24)9-19-22(14-1-2-14)37-38-23(19)28(30,31)32/h3-4,10,12,14,17,21,33,41H,1-2,5-9,11,13H2,(H,34,35)(H,36,42)(H,37,38)/t17-,21+/m1/s1. The Morgan fingerprint density at radius 3 is 2.48 bits per heavy atom. The minimum absolute atomic E-state index is 0.0164. The lowest BCUT2D eigenvalue weighted by Crippen LogP contribution is -2.54. The summed E-state index contributed by atoms with van der Waals surface area (Å²) in [5, 5.41) is 21.5. The van der Waals surface area contributed by atoms with Gasteiger partial charge in [-0.25, -0.2) is 4.98 Å². The van der Waals surface area contributed by atoms with Crippen molar-refractivity contribution in [3.05, 3.63) is 63.5 Å². The van der Waals surface area contributed by atoms with Gasteiger partial charge in [0, 0.05) is 73.9 Å². The topological polar surface area (TPSA) is 159 Å².